The lowest BCUT2D eigenvalue weighted by Crippen LogP contribution is -1.99. The van der Waals surface area contributed by atoms with Crippen molar-refractivity contribution in [2.75, 3.05) is 13.2 Å². The fourth-order valence-electron chi connectivity index (χ4n) is 1.84. The Morgan fingerprint density at radius 3 is 2.71 bits per heavy atom. The van der Waals surface area contributed by atoms with Crippen molar-refractivity contribution < 1.29 is 13.6 Å². The van der Waals surface area contributed by atoms with Crippen LogP contribution in [0.1, 0.15) is 17.5 Å². The Morgan fingerprint density at radius 2 is 2.08 bits per heavy atom. The van der Waals surface area contributed by atoms with Crippen molar-refractivity contribution in [2.45, 2.75) is 6.92 Å². The molecule has 0 saturated carbocycles. The quantitative estimate of drug-likeness (QED) is 0.445. The number of aromatic nitrogens is 1. The van der Waals surface area contributed by atoms with E-state index in [0.29, 0.717) is 12.4 Å². The zero-order chi connectivity index (χ0) is 17.4. The normalized spacial score (nSPS) is 11.5. The topological polar surface area (TPSA) is 40.6 Å². The molecule has 2 rings (SSSR count). The lowest BCUT2D eigenvalue weighted by molar-refractivity contribution is 0.232. The van der Waals surface area contributed by atoms with E-state index in [1.54, 1.807) is 12.2 Å². The molecule has 0 spiro atoms. The highest BCUT2D eigenvalue weighted by Crippen LogP contribution is 2.44. The molecule has 0 aliphatic carbocycles. The van der Waals surface area contributed by atoms with Crippen LogP contribution in [0.15, 0.2) is 37.4 Å². The van der Waals surface area contributed by atoms with Crippen LogP contribution >= 0.6 is 19.9 Å². The first-order chi connectivity index (χ1) is 11.7. The monoisotopic (exact) mass is 359 g/mol. The molecular formula is C18H18NO3PS. The van der Waals surface area contributed by atoms with Crippen molar-refractivity contribution in [2.24, 2.45) is 0 Å². The molecule has 1 atom stereocenters. The summed E-state index contributed by atoms with van der Waals surface area (Å²) >= 11 is 1.52. The zero-order valence-electron chi connectivity index (χ0n) is 13.4. The van der Waals surface area contributed by atoms with Crippen molar-refractivity contribution in [1.82, 2.24) is 4.98 Å². The highest BCUT2D eigenvalue weighted by Gasteiger charge is 2.18. The molecular weight excluding hydrogens is 341 g/mol. The van der Waals surface area contributed by atoms with Crippen LogP contribution in [0.25, 0.3) is 22.7 Å². The number of para-hydroxylation sites is 1. The zero-order valence-corrected chi connectivity index (χ0v) is 15.1. The molecule has 0 aliphatic rings. The molecule has 6 heteroatoms. The number of thiazole rings is 1. The van der Waals surface area contributed by atoms with Crippen LogP contribution in [0.5, 0.6) is 5.75 Å². The van der Waals surface area contributed by atoms with E-state index < -0.39 is 8.60 Å². The first-order valence-electron chi connectivity index (χ1n) is 7.26. The average Bonchev–Trinajstić information content (AvgIpc) is 3.03. The second-order valence-corrected chi connectivity index (χ2v) is 6.56. The van der Waals surface area contributed by atoms with E-state index in [1.807, 2.05) is 31.2 Å². The van der Waals surface area contributed by atoms with Gasteiger partial charge in [-0.1, -0.05) is 31.2 Å². The minimum absolute atomic E-state index is 0.131. The Labute approximate surface area is 147 Å². The molecule has 0 fully saturated rings. The van der Waals surface area contributed by atoms with E-state index >= 15 is 0 Å². The molecule has 24 heavy (non-hydrogen) atoms. The fraction of sp³-hybridized carbons (Fsp3) is 0.167. The van der Waals surface area contributed by atoms with Gasteiger partial charge >= 0.3 is 8.60 Å². The minimum Gasteiger partial charge on any atom is -0.426 e. The Bertz CT molecular complexity index is 725. The molecule has 1 unspecified atom stereocenters. The van der Waals surface area contributed by atoms with Crippen LogP contribution in [0, 0.1) is 12.3 Å². The summed E-state index contributed by atoms with van der Waals surface area (Å²) in [4.78, 5) is 5.55. The summed E-state index contributed by atoms with van der Waals surface area (Å²) in [5.41, 5.74) is 1.66. The van der Waals surface area contributed by atoms with Crippen LogP contribution in [-0.2, 0) is 9.05 Å². The van der Waals surface area contributed by atoms with Gasteiger partial charge in [0.2, 0.25) is 0 Å². The lowest BCUT2D eigenvalue weighted by atomic mass is 10.2. The van der Waals surface area contributed by atoms with Crippen molar-refractivity contribution in [1.29, 1.82) is 0 Å². The number of hydrogen-bond acceptors (Lipinski definition) is 5. The van der Waals surface area contributed by atoms with Crippen molar-refractivity contribution in [3.05, 3.63) is 48.0 Å². The number of nitrogens with zero attached hydrogens (tertiary/aromatic N) is 1. The predicted molar refractivity (Wildman–Crippen MR) is 102 cm³/mol. The van der Waals surface area contributed by atoms with E-state index in [-0.39, 0.29) is 6.61 Å². The van der Waals surface area contributed by atoms with Crippen LogP contribution in [0.3, 0.4) is 0 Å². The van der Waals surface area contributed by atoms with Gasteiger partial charge in [0, 0.05) is 0 Å². The molecule has 0 radical (unpaired) electrons. The second-order valence-electron chi connectivity index (χ2n) is 4.38. The molecule has 0 saturated heterocycles. The summed E-state index contributed by atoms with van der Waals surface area (Å²) in [7, 11) is -1.56. The average molecular weight is 359 g/mol. The molecule has 1 aromatic carbocycles. The van der Waals surface area contributed by atoms with Gasteiger partial charge in [-0.25, -0.2) is 4.98 Å². The van der Waals surface area contributed by atoms with E-state index in [1.165, 1.54) is 11.3 Å². The molecule has 0 N–H and O–H groups in total. The summed E-state index contributed by atoms with van der Waals surface area (Å²) in [6.07, 6.45) is 8.71. The smallest absolute Gasteiger partial charge is 0.398 e. The second kappa shape index (κ2) is 9.36. The van der Waals surface area contributed by atoms with Gasteiger partial charge in [0.15, 0.2) is 0 Å². The van der Waals surface area contributed by atoms with Gasteiger partial charge in [0.05, 0.1) is 22.7 Å². The van der Waals surface area contributed by atoms with Crippen LogP contribution in [0.4, 0.5) is 0 Å². The maximum Gasteiger partial charge on any atom is 0.398 e. The largest absolute Gasteiger partial charge is 0.426 e. The Kier molecular flexibility index (Phi) is 7.17. The van der Waals surface area contributed by atoms with Gasteiger partial charge in [-0.05, 0) is 31.2 Å². The van der Waals surface area contributed by atoms with Crippen LogP contribution in [-0.4, -0.2) is 18.2 Å². The third kappa shape index (κ3) is 4.53. The predicted octanol–water partition coefficient (Wildman–Crippen LogP) is 5.39. The first kappa shape index (κ1) is 18.4. The Balaban J connectivity index is 2.32. The Morgan fingerprint density at radius 1 is 1.29 bits per heavy atom. The van der Waals surface area contributed by atoms with Gasteiger partial charge in [-0.3, -0.25) is 4.52 Å². The maximum absolute atomic E-state index is 5.90. The van der Waals surface area contributed by atoms with Crippen molar-refractivity contribution >= 4 is 32.1 Å². The molecule has 1 heterocycles. The summed E-state index contributed by atoms with van der Waals surface area (Å²) in [5, 5.41) is 0.818. The molecule has 4 nitrogen and oxygen atoms in total. The Hall–Kier alpha value is -1.96. The SMILES string of the molecule is C#CCOP(OCC)Oc1ccccc1-c1nc(C=C)c(C=C)s1. The van der Waals surface area contributed by atoms with Gasteiger partial charge in [-0.2, -0.15) is 0 Å². The highest BCUT2D eigenvalue weighted by molar-refractivity contribution is 7.42. The third-order valence-electron chi connectivity index (χ3n) is 2.84. The van der Waals surface area contributed by atoms with Crippen molar-refractivity contribution in [3.63, 3.8) is 0 Å². The number of hydrogen-bond donors (Lipinski definition) is 0. The van der Waals surface area contributed by atoms with Gasteiger partial charge < -0.3 is 9.05 Å². The number of terminal acetylenes is 1. The standard InChI is InChI=1S/C18H18NO3PS/c1-5-13-21-23(20-8-4)22-16-12-10-9-11-14(16)18-19-15(6-2)17(7-3)24-18/h1,6-7,9-12H,2-3,8,13H2,4H3. The minimum atomic E-state index is -1.56. The van der Waals surface area contributed by atoms with E-state index in [0.717, 1.165) is 21.1 Å². The summed E-state index contributed by atoms with van der Waals surface area (Å²) in [5.74, 6) is 3.05. The molecule has 1 aromatic heterocycles. The molecule has 0 aliphatic heterocycles. The maximum atomic E-state index is 5.90. The summed E-state index contributed by atoms with van der Waals surface area (Å²) < 4.78 is 16.8. The first-order valence-corrected chi connectivity index (χ1v) is 9.17. The molecule has 0 amide bonds. The third-order valence-corrected chi connectivity index (χ3v) is 5.09. The molecule has 124 valence electrons. The summed E-state index contributed by atoms with van der Waals surface area (Å²) in [6, 6.07) is 7.60. The van der Waals surface area contributed by atoms with E-state index in [4.69, 9.17) is 20.0 Å². The fourth-order valence-corrected chi connectivity index (χ4v) is 3.68. The summed E-state index contributed by atoms with van der Waals surface area (Å²) in [6.45, 7) is 10.1. The molecule has 0 bridgehead atoms. The van der Waals surface area contributed by atoms with E-state index in [2.05, 4.69) is 24.1 Å². The molecule has 2 aromatic rings. The lowest BCUT2D eigenvalue weighted by Gasteiger charge is -2.16. The highest BCUT2D eigenvalue weighted by atomic mass is 32.1. The number of rotatable bonds is 9. The van der Waals surface area contributed by atoms with Crippen LogP contribution in [0.2, 0.25) is 0 Å². The van der Waals surface area contributed by atoms with Crippen molar-refractivity contribution in [3.8, 4) is 28.7 Å². The number of benzene rings is 1. The van der Waals surface area contributed by atoms with Gasteiger partial charge in [0.1, 0.15) is 17.4 Å². The van der Waals surface area contributed by atoms with Gasteiger partial charge in [0.25, 0.3) is 0 Å². The van der Waals surface area contributed by atoms with Gasteiger partial charge in [-0.15, -0.1) is 17.8 Å². The van der Waals surface area contributed by atoms with Crippen LogP contribution < -0.4 is 4.52 Å². The van der Waals surface area contributed by atoms with E-state index in [9.17, 15) is 0 Å².